The highest BCUT2D eigenvalue weighted by atomic mass is 16.5. The highest BCUT2D eigenvalue weighted by Gasteiger charge is 2.38. The van der Waals surface area contributed by atoms with Crippen LogP contribution < -0.4 is 0 Å². The normalized spacial score (nSPS) is 28.7. The first-order valence-electron chi connectivity index (χ1n) is 8.38. The van der Waals surface area contributed by atoms with Crippen molar-refractivity contribution >= 4 is 5.97 Å². The molecule has 1 fully saturated rings. The van der Waals surface area contributed by atoms with Crippen LogP contribution in [0.2, 0.25) is 0 Å². The van der Waals surface area contributed by atoms with Crippen LogP contribution in [0.5, 0.6) is 0 Å². The molecule has 0 aromatic carbocycles. The highest BCUT2D eigenvalue weighted by molar-refractivity contribution is 5.78. The van der Waals surface area contributed by atoms with E-state index in [1.165, 1.54) is 5.57 Å². The van der Waals surface area contributed by atoms with Crippen molar-refractivity contribution in [1.29, 1.82) is 0 Å². The van der Waals surface area contributed by atoms with Crippen molar-refractivity contribution in [3.8, 4) is 0 Å². The Morgan fingerprint density at radius 2 is 2.13 bits per heavy atom. The van der Waals surface area contributed by atoms with E-state index in [1.54, 1.807) is 19.9 Å². The zero-order valence-electron chi connectivity index (χ0n) is 14.5. The Morgan fingerprint density at radius 3 is 2.83 bits per heavy atom. The van der Waals surface area contributed by atoms with Crippen molar-refractivity contribution in [1.82, 2.24) is 0 Å². The molecule has 1 aliphatic carbocycles. The van der Waals surface area contributed by atoms with E-state index in [4.69, 9.17) is 4.74 Å². The lowest BCUT2D eigenvalue weighted by molar-refractivity contribution is -0.151. The van der Waals surface area contributed by atoms with E-state index in [0.717, 1.165) is 36.8 Å². The zero-order chi connectivity index (χ0) is 17.0. The summed E-state index contributed by atoms with van der Waals surface area (Å²) >= 11 is 0. The van der Waals surface area contributed by atoms with Crippen LogP contribution in [-0.4, -0.2) is 23.3 Å². The molecule has 0 aromatic heterocycles. The summed E-state index contributed by atoms with van der Waals surface area (Å²) in [5.74, 6) is -0.218. The second-order valence-electron chi connectivity index (χ2n) is 7.23. The number of carbonyl (C=O) groups is 1. The van der Waals surface area contributed by atoms with Crippen LogP contribution in [-0.2, 0) is 9.53 Å². The predicted octanol–water partition coefficient (Wildman–Crippen LogP) is 4.11. The number of carbonyl (C=O) groups excluding carboxylic acids is 1. The Balaban J connectivity index is 2.28. The number of fused-ring (bicyclic) bond motifs is 1. The first-order chi connectivity index (χ1) is 10.8. The fraction of sp³-hybridized carbons (Fsp3) is 0.550. The number of cyclic esters (lactones) is 1. The number of rotatable bonds is 2. The van der Waals surface area contributed by atoms with Crippen LogP contribution in [0, 0.1) is 11.8 Å². The van der Waals surface area contributed by atoms with E-state index in [9.17, 15) is 9.90 Å². The van der Waals surface area contributed by atoms with Gasteiger partial charge < -0.3 is 9.84 Å². The summed E-state index contributed by atoms with van der Waals surface area (Å²) in [7, 11) is 0. The lowest BCUT2D eigenvalue weighted by Gasteiger charge is -2.33. The summed E-state index contributed by atoms with van der Waals surface area (Å²) in [6.07, 6.45) is 11.6. The highest BCUT2D eigenvalue weighted by Crippen LogP contribution is 2.38. The van der Waals surface area contributed by atoms with E-state index >= 15 is 0 Å². The van der Waals surface area contributed by atoms with Crippen LogP contribution in [0.4, 0.5) is 0 Å². The Bertz CT molecular complexity index is 558. The summed E-state index contributed by atoms with van der Waals surface area (Å²) in [6, 6.07) is 0. The third-order valence-corrected chi connectivity index (χ3v) is 4.58. The van der Waals surface area contributed by atoms with E-state index < -0.39 is 5.60 Å². The van der Waals surface area contributed by atoms with Crippen molar-refractivity contribution in [2.75, 3.05) is 6.61 Å². The van der Waals surface area contributed by atoms with Gasteiger partial charge in [0.1, 0.15) is 6.61 Å². The van der Waals surface area contributed by atoms with E-state index in [0.29, 0.717) is 6.61 Å². The fourth-order valence-corrected chi connectivity index (χ4v) is 3.26. The average Bonchev–Trinajstić information content (AvgIpc) is 2.51. The maximum Gasteiger partial charge on any atom is 0.313 e. The van der Waals surface area contributed by atoms with Gasteiger partial charge in [-0.15, -0.1) is 0 Å². The second-order valence-corrected chi connectivity index (χ2v) is 7.23. The topological polar surface area (TPSA) is 46.5 Å². The van der Waals surface area contributed by atoms with Gasteiger partial charge in [0, 0.05) is 5.92 Å². The molecule has 126 valence electrons. The summed E-state index contributed by atoms with van der Waals surface area (Å²) < 4.78 is 5.40. The molecule has 0 saturated carbocycles. The van der Waals surface area contributed by atoms with Crippen molar-refractivity contribution in [3.63, 3.8) is 0 Å². The van der Waals surface area contributed by atoms with Crippen LogP contribution in [0.15, 0.2) is 47.6 Å². The van der Waals surface area contributed by atoms with Crippen LogP contribution in [0.1, 0.15) is 46.5 Å². The van der Waals surface area contributed by atoms with E-state index in [2.05, 4.69) is 19.6 Å². The minimum atomic E-state index is -0.844. The first kappa shape index (κ1) is 17.7. The Kier molecular flexibility index (Phi) is 5.64. The Hall–Kier alpha value is -1.61. The number of hydrogen-bond donors (Lipinski definition) is 1. The van der Waals surface area contributed by atoms with Gasteiger partial charge in [-0.3, -0.25) is 4.79 Å². The van der Waals surface area contributed by atoms with Gasteiger partial charge >= 0.3 is 5.97 Å². The summed E-state index contributed by atoms with van der Waals surface area (Å²) in [4.78, 5) is 12.3. The SMILES string of the molecule is C=C1CCC=C(C)CCC2C(=CC=CC(C)(C)O)COC(=O)C12. The number of hydrogen-bond acceptors (Lipinski definition) is 3. The molecule has 1 aliphatic heterocycles. The molecule has 0 amide bonds. The quantitative estimate of drug-likeness (QED) is 0.616. The minimum Gasteiger partial charge on any atom is -0.461 e. The van der Waals surface area contributed by atoms with Gasteiger partial charge in [-0.2, -0.15) is 0 Å². The largest absolute Gasteiger partial charge is 0.461 e. The molecule has 1 N–H and O–H groups in total. The molecule has 3 heteroatoms. The molecule has 2 atom stereocenters. The van der Waals surface area contributed by atoms with Crippen molar-refractivity contribution in [3.05, 3.63) is 47.6 Å². The standard InChI is InChI=1S/C20H28O3/c1-14-7-5-8-15(2)18-17(11-10-14)16(13-23-19(18)21)9-6-12-20(3,4)22/h6-7,9,12,17-18,22H,2,5,8,10-11,13H2,1,3-4H3. The third-order valence-electron chi connectivity index (χ3n) is 4.58. The third kappa shape index (κ3) is 4.93. The fourth-order valence-electron chi connectivity index (χ4n) is 3.26. The average molecular weight is 316 g/mol. The number of ether oxygens (including phenoxy) is 1. The van der Waals surface area contributed by atoms with Gasteiger partial charge in [-0.25, -0.2) is 0 Å². The molecule has 2 unspecified atom stereocenters. The second kappa shape index (κ2) is 7.31. The van der Waals surface area contributed by atoms with Crippen molar-refractivity contribution in [2.24, 2.45) is 11.8 Å². The maximum absolute atomic E-state index is 12.3. The minimum absolute atomic E-state index is 0.136. The molecular weight excluding hydrogens is 288 g/mol. The predicted molar refractivity (Wildman–Crippen MR) is 92.8 cm³/mol. The smallest absolute Gasteiger partial charge is 0.313 e. The molecule has 3 nitrogen and oxygen atoms in total. The summed E-state index contributed by atoms with van der Waals surface area (Å²) in [6.45, 7) is 10.1. The molecule has 2 aliphatic rings. The molecule has 0 spiro atoms. The van der Waals surface area contributed by atoms with Crippen LogP contribution in [0.25, 0.3) is 0 Å². The first-order valence-corrected chi connectivity index (χ1v) is 8.38. The Labute approximate surface area is 139 Å². The van der Waals surface area contributed by atoms with Crippen molar-refractivity contribution in [2.45, 2.75) is 52.1 Å². The van der Waals surface area contributed by atoms with Gasteiger partial charge in [0.05, 0.1) is 11.5 Å². The van der Waals surface area contributed by atoms with Gasteiger partial charge in [0.15, 0.2) is 0 Å². The number of esters is 1. The van der Waals surface area contributed by atoms with Gasteiger partial charge in [0.25, 0.3) is 0 Å². The lowest BCUT2D eigenvalue weighted by atomic mass is 9.76. The van der Waals surface area contributed by atoms with Crippen LogP contribution >= 0.6 is 0 Å². The number of allylic oxidation sites excluding steroid dienone is 4. The molecule has 1 saturated heterocycles. The molecule has 0 radical (unpaired) electrons. The Morgan fingerprint density at radius 1 is 1.39 bits per heavy atom. The van der Waals surface area contributed by atoms with E-state index in [-0.39, 0.29) is 17.8 Å². The maximum atomic E-state index is 12.3. The summed E-state index contributed by atoms with van der Waals surface area (Å²) in [5.41, 5.74) is 2.63. The summed E-state index contributed by atoms with van der Waals surface area (Å²) in [5, 5.41) is 9.79. The number of aliphatic hydroxyl groups is 1. The van der Waals surface area contributed by atoms with Gasteiger partial charge in [-0.1, -0.05) is 42.0 Å². The van der Waals surface area contributed by atoms with Gasteiger partial charge in [-0.05, 0) is 52.0 Å². The van der Waals surface area contributed by atoms with Crippen molar-refractivity contribution < 1.29 is 14.6 Å². The zero-order valence-corrected chi connectivity index (χ0v) is 14.5. The molecule has 1 heterocycles. The molecule has 2 rings (SSSR count). The molecule has 0 bridgehead atoms. The molecular formula is C20H28O3. The monoisotopic (exact) mass is 316 g/mol. The lowest BCUT2D eigenvalue weighted by Crippen LogP contribution is -2.35. The van der Waals surface area contributed by atoms with E-state index in [1.807, 2.05) is 12.2 Å². The molecule has 23 heavy (non-hydrogen) atoms. The van der Waals surface area contributed by atoms with Crippen LogP contribution in [0.3, 0.4) is 0 Å². The van der Waals surface area contributed by atoms with Gasteiger partial charge in [0.2, 0.25) is 0 Å². The molecule has 0 aromatic rings.